The number of nitrogens with one attached hydrogen (secondary N) is 2. The van der Waals surface area contributed by atoms with Crippen LogP contribution in [0, 0.1) is 0 Å². The third-order valence-electron chi connectivity index (χ3n) is 3.99. The molecule has 3 aromatic rings. The van der Waals surface area contributed by atoms with Gasteiger partial charge in [0.2, 0.25) is 15.2 Å². The molecule has 15 heteroatoms. The minimum Gasteiger partial charge on any atom is -0.345 e. The Kier molecular flexibility index (Phi) is 6.96. The first-order valence-corrected chi connectivity index (χ1v) is 12.1. The fourth-order valence-electron chi connectivity index (χ4n) is 2.51. The van der Waals surface area contributed by atoms with Crippen LogP contribution in [0.2, 0.25) is 4.34 Å². The molecule has 3 heterocycles. The highest BCUT2D eigenvalue weighted by Crippen LogP contribution is 2.21. The largest absolute Gasteiger partial charge is 0.345 e. The van der Waals surface area contributed by atoms with Crippen molar-refractivity contribution in [1.82, 2.24) is 24.1 Å². The van der Waals surface area contributed by atoms with Crippen molar-refractivity contribution in [1.29, 1.82) is 0 Å². The third kappa shape index (κ3) is 6.01. The fraction of sp³-hybridized carbons (Fsp3) is 0.250. The van der Waals surface area contributed by atoms with E-state index in [4.69, 9.17) is 16.7 Å². The van der Waals surface area contributed by atoms with Crippen molar-refractivity contribution >= 4 is 61.6 Å². The van der Waals surface area contributed by atoms with E-state index < -0.39 is 22.0 Å². The molecule has 3 rings (SSSR count). The van der Waals surface area contributed by atoms with Crippen molar-refractivity contribution in [3.05, 3.63) is 45.1 Å². The molecule has 0 atom stereocenters. The van der Waals surface area contributed by atoms with Crippen LogP contribution in [0.5, 0.6) is 0 Å². The number of nitrogens with two attached hydrogens (primary N) is 1. The first-order chi connectivity index (χ1) is 14.5. The molecule has 0 unspecified atom stereocenters. The van der Waals surface area contributed by atoms with Gasteiger partial charge in [-0.2, -0.15) is 4.37 Å². The topological polar surface area (TPSA) is 152 Å². The van der Waals surface area contributed by atoms with Gasteiger partial charge >= 0.3 is 6.03 Å². The number of amides is 3. The average Bonchev–Trinajstić information content (AvgIpc) is 3.39. The van der Waals surface area contributed by atoms with Crippen molar-refractivity contribution < 1.29 is 18.0 Å². The number of rotatable bonds is 7. The zero-order valence-corrected chi connectivity index (χ0v) is 19.5. The summed E-state index contributed by atoms with van der Waals surface area (Å²) < 4.78 is 29.1. The van der Waals surface area contributed by atoms with Gasteiger partial charge in [0.05, 0.1) is 17.4 Å². The van der Waals surface area contributed by atoms with Crippen LogP contribution in [0.1, 0.15) is 21.2 Å². The second-order valence-corrected chi connectivity index (χ2v) is 10.5. The van der Waals surface area contributed by atoms with Gasteiger partial charge in [-0.15, -0.1) is 11.3 Å². The molecule has 31 heavy (non-hydrogen) atoms. The summed E-state index contributed by atoms with van der Waals surface area (Å²) in [6.07, 6.45) is 1.27. The monoisotopic (exact) mass is 503 g/mol. The maximum absolute atomic E-state index is 12.6. The summed E-state index contributed by atoms with van der Waals surface area (Å²) in [4.78, 5) is 30.9. The minimum absolute atomic E-state index is 0.0578. The molecule has 0 spiro atoms. The summed E-state index contributed by atoms with van der Waals surface area (Å²) in [6, 6.07) is 4.33. The molecule has 0 fully saturated rings. The second kappa shape index (κ2) is 9.32. The maximum atomic E-state index is 12.6. The van der Waals surface area contributed by atoms with Crippen LogP contribution in [0.3, 0.4) is 0 Å². The molecule has 0 radical (unpaired) electrons. The molecule has 4 N–H and O–H groups in total. The van der Waals surface area contributed by atoms with Gasteiger partial charge in [-0.05, 0) is 18.2 Å². The minimum atomic E-state index is -3.92. The lowest BCUT2D eigenvalue weighted by Crippen LogP contribution is -2.28. The molecule has 3 amide bonds. The lowest BCUT2D eigenvalue weighted by molar-refractivity contribution is 0.0772. The third-order valence-corrected chi connectivity index (χ3v) is 6.77. The van der Waals surface area contributed by atoms with Crippen LogP contribution >= 0.6 is 34.5 Å². The van der Waals surface area contributed by atoms with E-state index in [1.54, 1.807) is 13.1 Å². The Morgan fingerprint density at radius 3 is 2.71 bits per heavy atom. The summed E-state index contributed by atoms with van der Waals surface area (Å²) in [7, 11) is -0.849. The number of carbonyl (C=O) groups excluding carboxylic acids is 2. The predicted molar refractivity (Wildman–Crippen MR) is 118 cm³/mol. The van der Waals surface area contributed by atoms with E-state index in [-0.39, 0.29) is 22.3 Å². The van der Waals surface area contributed by atoms with Crippen LogP contribution in [-0.4, -0.2) is 46.2 Å². The van der Waals surface area contributed by atoms with Crippen molar-refractivity contribution in [3.63, 3.8) is 0 Å². The molecule has 0 aliphatic rings. The summed E-state index contributed by atoms with van der Waals surface area (Å²) in [6.45, 7) is 0.380. The molecule has 0 aliphatic heterocycles. The molecular formula is C16H18ClN7O4S3. The van der Waals surface area contributed by atoms with Gasteiger partial charge in [-0.25, -0.2) is 23.3 Å². The normalized spacial score (nSPS) is 11.4. The molecule has 0 bridgehead atoms. The van der Waals surface area contributed by atoms with E-state index >= 15 is 0 Å². The molecule has 0 saturated carbocycles. The first kappa shape index (κ1) is 23.1. The van der Waals surface area contributed by atoms with Crippen molar-refractivity contribution in [3.8, 4) is 0 Å². The number of sulfonamides is 1. The van der Waals surface area contributed by atoms with E-state index in [1.165, 1.54) is 40.1 Å². The molecule has 0 aromatic carbocycles. The Balaban J connectivity index is 1.57. The zero-order chi connectivity index (χ0) is 22.8. The number of thiophene rings is 1. The van der Waals surface area contributed by atoms with Crippen molar-refractivity contribution in [2.75, 3.05) is 12.4 Å². The lowest BCUT2D eigenvalue weighted by atomic mass is 10.3. The van der Waals surface area contributed by atoms with E-state index in [9.17, 15) is 18.0 Å². The molecule has 3 aromatic heterocycles. The van der Waals surface area contributed by atoms with Crippen LogP contribution < -0.4 is 15.8 Å². The highest BCUT2D eigenvalue weighted by Gasteiger charge is 2.21. The number of nitrogens with zero attached hydrogens (tertiary/aromatic N) is 4. The summed E-state index contributed by atoms with van der Waals surface area (Å²) in [5, 5.41) is 10.6. The fourth-order valence-corrected chi connectivity index (χ4v) is 4.69. The quantitative estimate of drug-likeness (QED) is 0.447. The van der Waals surface area contributed by atoms with Gasteiger partial charge in [0.15, 0.2) is 5.82 Å². The number of aromatic nitrogens is 3. The number of halogens is 1. The number of carbonyl (C=O) groups is 2. The Morgan fingerprint density at radius 2 is 2.10 bits per heavy atom. The van der Waals surface area contributed by atoms with Gasteiger partial charge in [-0.3, -0.25) is 10.1 Å². The molecule has 0 saturated heterocycles. The average molecular weight is 504 g/mol. The van der Waals surface area contributed by atoms with Crippen LogP contribution in [0.15, 0.2) is 29.3 Å². The standard InChI is InChI=1S/C16H18ClN7O4S3/c1-23-7-10(31(18,27)28)5-11(23)14(25)24(2)8-13-20-16(30-22-13)21-15(26)19-6-9-3-4-12(17)29-9/h3-5,7H,6,8H2,1-2H3,(H2,18,27,28)(H2,19,20,21,22,26). The van der Waals surface area contributed by atoms with E-state index in [0.717, 1.165) is 16.4 Å². The lowest BCUT2D eigenvalue weighted by Gasteiger charge is -2.15. The van der Waals surface area contributed by atoms with Crippen LogP contribution in [-0.2, 0) is 30.2 Å². The van der Waals surface area contributed by atoms with Gasteiger partial charge in [-0.1, -0.05) is 11.6 Å². The van der Waals surface area contributed by atoms with E-state index in [2.05, 4.69) is 20.0 Å². The molecule has 0 aliphatic carbocycles. The number of primary sulfonamides is 1. The number of aryl methyl sites for hydroxylation is 1. The Morgan fingerprint density at radius 1 is 1.35 bits per heavy atom. The molecule has 11 nitrogen and oxygen atoms in total. The second-order valence-electron chi connectivity index (χ2n) is 6.41. The Labute approximate surface area is 191 Å². The predicted octanol–water partition coefficient (Wildman–Crippen LogP) is 1.83. The number of hydrogen-bond acceptors (Lipinski definition) is 8. The SMILES string of the molecule is CN(Cc1nsc(NC(=O)NCc2ccc(Cl)s2)n1)C(=O)c1cc(S(N)(=O)=O)cn1C. The van der Waals surface area contributed by atoms with E-state index in [1.807, 2.05) is 6.07 Å². The molecular weight excluding hydrogens is 486 g/mol. The van der Waals surface area contributed by atoms with Gasteiger partial charge in [0, 0.05) is 36.7 Å². The van der Waals surface area contributed by atoms with Gasteiger partial charge in [0.25, 0.3) is 5.91 Å². The number of hydrogen-bond donors (Lipinski definition) is 3. The molecule has 166 valence electrons. The van der Waals surface area contributed by atoms with E-state index in [0.29, 0.717) is 16.7 Å². The van der Waals surface area contributed by atoms with Gasteiger partial charge in [0.1, 0.15) is 10.6 Å². The summed E-state index contributed by atoms with van der Waals surface area (Å²) >= 11 is 8.20. The van der Waals surface area contributed by atoms with Crippen LogP contribution in [0.25, 0.3) is 0 Å². The Hall–Kier alpha value is -2.52. The number of urea groups is 1. The summed E-state index contributed by atoms with van der Waals surface area (Å²) in [5.41, 5.74) is 0.146. The summed E-state index contributed by atoms with van der Waals surface area (Å²) in [5.74, 6) is -0.115. The van der Waals surface area contributed by atoms with Gasteiger partial charge < -0.3 is 14.8 Å². The smallest absolute Gasteiger partial charge is 0.321 e. The van der Waals surface area contributed by atoms with Crippen molar-refractivity contribution in [2.24, 2.45) is 12.2 Å². The zero-order valence-electron chi connectivity index (χ0n) is 16.3. The number of anilines is 1. The highest BCUT2D eigenvalue weighted by atomic mass is 35.5. The highest BCUT2D eigenvalue weighted by molar-refractivity contribution is 7.89. The van der Waals surface area contributed by atoms with Crippen LogP contribution in [0.4, 0.5) is 9.93 Å². The Bertz CT molecular complexity index is 1220. The maximum Gasteiger partial charge on any atom is 0.321 e. The van der Waals surface area contributed by atoms with Crippen molar-refractivity contribution in [2.45, 2.75) is 18.0 Å². The first-order valence-electron chi connectivity index (χ1n) is 8.59.